The molecule has 0 aliphatic heterocycles. The summed E-state index contributed by atoms with van der Waals surface area (Å²) in [5, 5.41) is 0. The molecule has 0 radical (unpaired) electrons. The van der Waals surface area contributed by atoms with E-state index >= 15 is 0 Å². The van der Waals surface area contributed by atoms with Crippen molar-refractivity contribution in [3.8, 4) is 11.5 Å². The molecule has 0 bridgehead atoms. The molecule has 96 valence electrons. The van der Waals surface area contributed by atoms with Crippen molar-refractivity contribution in [3.05, 3.63) is 23.8 Å². The molecule has 0 aliphatic carbocycles. The van der Waals surface area contributed by atoms with Gasteiger partial charge < -0.3 is 14.0 Å². The summed E-state index contributed by atoms with van der Waals surface area (Å²) in [6.45, 7) is 7.73. The Kier molecular flexibility index (Phi) is 4.82. The van der Waals surface area contributed by atoms with Crippen molar-refractivity contribution < 1.29 is 14.0 Å². The van der Waals surface area contributed by atoms with Crippen LogP contribution in [0.15, 0.2) is 18.2 Å². The van der Waals surface area contributed by atoms with Gasteiger partial charge in [0.1, 0.15) is 6.54 Å². The number of methoxy groups -OCH3 is 2. The van der Waals surface area contributed by atoms with Crippen LogP contribution in [0.3, 0.4) is 0 Å². The molecule has 17 heavy (non-hydrogen) atoms. The maximum atomic E-state index is 5.33. The first kappa shape index (κ1) is 13.8. The van der Waals surface area contributed by atoms with Crippen LogP contribution in [0.2, 0.25) is 0 Å². The summed E-state index contributed by atoms with van der Waals surface area (Å²) in [5.74, 6) is 1.60. The third-order valence-corrected chi connectivity index (χ3v) is 3.54. The van der Waals surface area contributed by atoms with Crippen molar-refractivity contribution in [2.24, 2.45) is 0 Å². The Morgan fingerprint density at radius 1 is 1.00 bits per heavy atom. The summed E-state index contributed by atoms with van der Waals surface area (Å²) in [7, 11) is 5.61. The lowest BCUT2D eigenvalue weighted by Crippen LogP contribution is -2.42. The molecule has 1 aromatic carbocycles. The van der Waals surface area contributed by atoms with Crippen LogP contribution in [-0.4, -0.2) is 38.8 Å². The van der Waals surface area contributed by atoms with Crippen molar-refractivity contribution in [1.82, 2.24) is 0 Å². The van der Waals surface area contributed by atoms with Crippen LogP contribution in [0.1, 0.15) is 19.4 Å². The summed E-state index contributed by atoms with van der Waals surface area (Å²) in [4.78, 5) is 0. The fourth-order valence-corrected chi connectivity index (χ4v) is 1.87. The van der Waals surface area contributed by atoms with E-state index in [0.717, 1.165) is 35.6 Å². The molecule has 3 nitrogen and oxygen atoms in total. The fraction of sp³-hybridized carbons (Fsp3) is 0.571. The normalized spacial score (nSPS) is 11.4. The van der Waals surface area contributed by atoms with E-state index in [1.54, 1.807) is 14.2 Å². The van der Waals surface area contributed by atoms with E-state index < -0.39 is 0 Å². The van der Waals surface area contributed by atoms with Crippen molar-refractivity contribution in [3.63, 3.8) is 0 Å². The van der Waals surface area contributed by atoms with Crippen LogP contribution in [0.25, 0.3) is 0 Å². The molecular formula is C14H24NO2+. The first-order chi connectivity index (χ1) is 8.08. The van der Waals surface area contributed by atoms with Crippen molar-refractivity contribution in [2.75, 3.05) is 34.4 Å². The van der Waals surface area contributed by atoms with E-state index in [2.05, 4.69) is 33.0 Å². The van der Waals surface area contributed by atoms with Gasteiger partial charge in [-0.1, -0.05) is 0 Å². The Balaban J connectivity index is 2.93. The largest absolute Gasteiger partial charge is 0.493 e. The summed E-state index contributed by atoms with van der Waals surface area (Å²) >= 11 is 0. The summed E-state index contributed by atoms with van der Waals surface area (Å²) < 4.78 is 11.6. The average molecular weight is 238 g/mol. The lowest BCUT2D eigenvalue weighted by Gasteiger charge is -2.32. The molecule has 0 fully saturated rings. The van der Waals surface area contributed by atoms with E-state index in [0.29, 0.717) is 0 Å². The van der Waals surface area contributed by atoms with Crippen LogP contribution < -0.4 is 9.47 Å². The Hall–Kier alpha value is -1.22. The Morgan fingerprint density at radius 2 is 1.59 bits per heavy atom. The highest BCUT2D eigenvalue weighted by atomic mass is 16.5. The van der Waals surface area contributed by atoms with E-state index in [1.165, 1.54) is 5.56 Å². The molecule has 0 saturated carbocycles. The second-order valence-corrected chi connectivity index (χ2v) is 4.60. The quantitative estimate of drug-likeness (QED) is 0.709. The minimum absolute atomic E-state index is 0.790. The number of rotatable bonds is 6. The second kappa shape index (κ2) is 5.92. The SMILES string of the molecule is CC[N+](C)(CC)Cc1ccc(OC)c(OC)c1. The van der Waals surface area contributed by atoms with Crippen LogP contribution in [0.5, 0.6) is 11.5 Å². The highest BCUT2D eigenvalue weighted by molar-refractivity contribution is 5.42. The van der Waals surface area contributed by atoms with E-state index in [-0.39, 0.29) is 0 Å². The molecule has 0 spiro atoms. The van der Waals surface area contributed by atoms with Crippen molar-refractivity contribution in [1.29, 1.82) is 0 Å². The number of hydrogen-bond acceptors (Lipinski definition) is 2. The lowest BCUT2D eigenvalue weighted by molar-refractivity contribution is -0.919. The molecule has 0 amide bonds. The second-order valence-electron chi connectivity index (χ2n) is 4.60. The van der Waals surface area contributed by atoms with Gasteiger partial charge in [0.25, 0.3) is 0 Å². The van der Waals surface area contributed by atoms with Crippen LogP contribution in [-0.2, 0) is 6.54 Å². The zero-order valence-corrected chi connectivity index (χ0v) is 11.6. The molecule has 0 aromatic heterocycles. The van der Waals surface area contributed by atoms with Crippen LogP contribution in [0.4, 0.5) is 0 Å². The predicted molar refractivity (Wildman–Crippen MR) is 70.5 cm³/mol. The van der Waals surface area contributed by atoms with Crippen LogP contribution in [0, 0.1) is 0 Å². The van der Waals surface area contributed by atoms with Crippen molar-refractivity contribution >= 4 is 0 Å². The number of hydrogen-bond donors (Lipinski definition) is 0. The fourth-order valence-electron chi connectivity index (χ4n) is 1.87. The molecule has 0 N–H and O–H groups in total. The number of quaternary nitrogens is 1. The Labute approximate surface area is 105 Å². The minimum Gasteiger partial charge on any atom is -0.493 e. The molecule has 0 unspecified atom stereocenters. The molecule has 1 rings (SSSR count). The first-order valence-corrected chi connectivity index (χ1v) is 6.13. The van der Waals surface area contributed by atoms with Gasteiger partial charge in [0.15, 0.2) is 11.5 Å². The number of ether oxygens (including phenoxy) is 2. The molecule has 0 saturated heterocycles. The maximum absolute atomic E-state index is 5.33. The summed E-state index contributed by atoms with van der Waals surface area (Å²) in [6.07, 6.45) is 0. The van der Waals surface area contributed by atoms with Gasteiger partial charge in [-0.2, -0.15) is 0 Å². The van der Waals surface area contributed by atoms with Gasteiger partial charge in [-0.15, -0.1) is 0 Å². The first-order valence-electron chi connectivity index (χ1n) is 6.13. The van der Waals surface area contributed by atoms with Gasteiger partial charge in [0.05, 0.1) is 34.4 Å². The summed E-state index contributed by atoms with van der Waals surface area (Å²) in [6, 6.07) is 6.16. The maximum Gasteiger partial charge on any atom is 0.161 e. The van der Waals surface area contributed by atoms with Gasteiger partial charge in [-0.05, 0) is 32.0 Å². The van der Waals surface area contributed by atoms with Gasteiger partial charge in [0.2, 0.25) is 0 Å². The van der Waals surface area contributed by atoms with E-state index in [4.69, 9.17) is 9.47 Å². The van der Waals surface area contributed by atoms with Gasteiger partial charge in [-0.25, -0.2) is 0 Å². The Morgan fingerprint density at radius 3 is 2.06 bits per heavy atom. The predicted octanol–water partition coefficient (Wildman–Crippen LogP) is 2.69. The highest BCUT2D eigenvalue weighted by Crippen LogP contribution is 2.28. The van der Waals surface area contributed by atoms with Gasteiger partial charge in [0, 0.05) is 5.56 Å². The third-order valence-electron chi connectivity index (χ3n) is 3.54. The molecule has 3 heteroatoms. The topological polar surface area (TPSA) is 18.5 Å². The van der Waals surface area contributed by atoms with Crippen molar-refractivity contribution in [2.45, 2.75) is 20.4 Å². The van der Waals surface area contributed by atoms with Crippen LogP contribution >= 0.6 is 0 Å². The lowest BCUT2D eigenvalue weighted by atomic mass is 10.1. The Bertz CT molecular complexity index is 359. The molecule has 0 atom stereocenters. The highest BCUT2D eigenvalue weighted by Gasteiger charge is 2.18. The molecule has 1 aromatic rings. The number of benzene rings is 1. The standard InChI is InChI=1S/C14H24NO2/c1-6-15(3,7-2)11-12-8-9-13(16-4)14(10-12)17-5/h8-10H,6-7,11H2,1-5H3/q+1. The molecular weight excluding hydrogens is 214 g/mol. The minimum atomic E-state index is 0.790. The molecule has 0 aliphatic rings. The van der Waals surface area contributed by atoms with E-state index in [1.807, 2.05) is 6.07 Å². The third kappa shape index (κ3) is 3.37. The zero-order chi connectivity index (χ0) is 12.9. The average Bonchev–Trinajstić information content (AvgIpc) is 2.38. The zero-order valence-electron chi connectivity index (χ0n) is 11.6. The molecule has 0 heterocycles. The monoisotopic (exact) mass is 238 g/mol. The number of nitrogens with zero attached hydrogens (tertiary/aromatic N) is 1. The smallest absolute Gasteiger partial charge is 0.161 e. The van der Waals surface area contributed by atoms with Gasteiger partial charge >= 0.3 is 0 Å². The summed E-state index contributed by atoms with van der Waals surface area (Å²) in [5.41, 5.74) is 1.29. The van der Waals surface area contributed by atoms with Gasteiger partial charge in [-0.3, -0.25) is 0 Å². The van der Waals surface area contributed by atoms with E-state index in [9.17, 15) is 0 Å².